The molecule has 0 spiro atoms. The molecule has 2 aromatic carbocycles. The first-order valence-corrected chi connectivity index (χ1v) is 10.6. The molecule has 1 aromatic heterocycles. The van der Waals surface area contributed by atoms with Crippen LogP contribution in [-0.2, 0) is 6.42 Å². The van der Waals surface area contributed by atoms with E-state index in [1.807, 2.05) is 12.1 Å². The number of thiocarbonyl (C=S) groups is 1. The minimum Gasteiger partial charge on any atom is -0.346 e. The lowest BCUT2D eigenvalue weighted by Gasteiger charge is -2.31. The van der Waals surface area contributed by atoms with Crippen LogP contribution in [0.3, 0.4) is 0 Å². The van der Waals surface area contributed by atoms with Crippen LogP contribution in [0.4, 0.5) is 5.69 Å². The number of hydrogen-bond donors (Lipinski definition) is 2. The van der Waals surface area contributed by atoms with Crippen molar-refractivity contribution in [3.05, 3.63) is 59.4 Å². The topological polar surface area (TPSA) is 44.0 Å². The molecule has 28 heavy (non-hydrogen) atoms. The van der Waals surface area contributed by atoms with Crippen molar-refractivity contribution in [2.24, 2.45) is 0 Å². The number of imidazole rings is 1. The van der Waals surface area contributed by atoms with Gasteiger partial charge in [-0.15, -0.1) is 0 Å². The van der Waals surface area contributed by atoms with Gasteiger partial charge in [-0.1, -0.05) is 31.0 Å². The van der Waals surface area contributed by atoms with E-state index in [2.05, 4.69) is 59.4 Å². The van der Waals surface area contributed by atoms with E-state index >= 15 is 0 Å². The molecule has 3 aromatic rings. The molecule has 0 saturated heterocycles. The minimum atomic E-state index is 0.524. The standard InChI is InChI=1S/C23H28N4S/c1-16-11-12-18(15-17(16)2)24-23(28)27(19-7-3-4-8-19)14-13-22-25-20-9-5-6-10-21(20)26-22/h5-6,9-12,15,19H,3-4,7-8,13-14H2,1-2H3,(H,24,28)(H,25,26). The minimum absolute atomic E-state index is 0.524. The number of para-hydroxylation sites is 2. The molecule has 1 aliphatic carbocycles. The van der Waals surface area contributed by atoms with Crippen LogP contribution in [0.25, 0.3) is 11.0 Å². The SMILES string of the molecule is Cc1ccc(NC(=S)N(CCc2nc3ccccc3[nH]2)C2CCCC2)cc1C. The van der Waals surface area contributed by atoms with Crippen molar-refractivity contribution < 1.29 is 0 Å². The fraction of sp³-hybridized carbons (Fsp3) is 0.391. The second kappa shape index (κ2) is 8.31. The highest BCUT2D eigenvalue weighted by molar-refractivity contribution is 7.80. The summed E-state index contributed by atoms with van der Waals surface area (Å²) < 4.78 is 0. The summed E-state index contributed by atoms with van der Waals surface area (Å²) in [7, 11) is 0. The molecular weight excluding hydrogens is 364 g/mol. The number of hydrogen-bond acceptors (Lipinski definition) is 2. The van der Waals surface area contributed by atoms with E-state index in [0.29, 0.717) is 6.04 Å². The van der Waals surface area contributed by atoms with Crippen LogP contribution in [0.5, 0.6) is 0 Å². The van der Waals surface area contributed by atoms with Gasteiger partial charge in [-0.25, -0.2) is 4.98 Å². The second-order valence-electron chi connectivity index (χ2n) is 7.81. The van der Waals surface area contributed by atoms with Crippen molar-refractivity contribution in [1.82, 2.24) is 14.9 Å². The quantitative estimate of drug-likeness (QED) is 0.574. The summed E-state index contributed by atoms with van der Waals surface area (Å²) in [5.74, 6) is 1.03. The fourth-order valence-electron chi connectivity index (χ4n) is 4.03. The van der Waals surface area contributed by atoms with Gasteiger partial charge in [0.25, 0.3) is 0 Å². The molecule has 1 saturated carbocycles. The van der Waals surface area contributed by atoms with Crippen LogP contribution in [0.15, 0.2) is 42.5 Å². The van der Waals surface area contributed by atoms with Crippen molar-refractivity contribution in [2.75, 3.05) is 11.9 Å². The molecule has 0 bridgehead atoms. The Labute approximate surface area is 172 Å². The van der Waals surface area contributed by atoms with Gasteiger partial charge in [0.05, 0.1) is 11.0 Å². The highest BCUT2D eigenvalue weighted by Crippen LogP contribution is 2.25. The van der Waals surface area contributed by atoms with Gasteiger partial charge in [0.1, 0.15) is 5.82 Å². The van der Waals surface area contributed by atoms with Crippen molar-refractivity contribution >= 4 is 34.1 Å². The van der Waals surface area contributed by atoms with Crippen molar-refractivity contribution in [2.45, 2.75) is 52.0 Å². The van der Waals surface area contributed by atoms with E-state index in [4.69, 9.17) is 17.2 Å². The molecule has 1 heterocycles. The Balaban J connectivity index is 1.47. The molecule has 146 valence electrons. The number of nitrogens with zero attached hydrogens (tertiary/aromatic N) is 2. The normalized spacial score (nSPS) is 14.5. The number of aryl methyl sites for hydroxylation is 2. The number of benzene rings is 2. The zero-order valence-corrected chi connectivity index (χ0v) is 17.5. The maximum Gasteiger partial charge on any atom is 0.173 e. The van der Waals surface area contributed by atoms with E-state index in [1.165, 1.54) is 36.8 Å². The van der Waals surface area contributed by atoms with E-state index in [0.717, 1.165) is 40.6 Å². The summed E-state index contributed by atoms with van der Waals surface area (Å²) >= 11 is 5.83. The Morgan fingerprint density at radius 2 is 1.93 bits per heavy atom. The lowest BCUT2D eigenvalue weighted by molar-refractivity contribution is 0.320. The fourth-order valence-corrected chi connectivity index (χ4v) is 4.39. The van der Waals surface area contributed by atoms with Gasteiger partial charge < -0.3 is 15.2 Å². The van der Waals surface area contributed by atoms with E-state index in [-0.39, 0.29) is 0 Å². The van der Waals surface area contributed by atoms with Crippen LogP contribution < -0.4 is 5.32 Å². The highest BCUT2D eigenvalue weighted by atomic mass is 32.1. The number of anilines is 1. The lowest BCUT2D eigenvalue weighted by atomic mass is 10.1. The number of fused-ring (bicyclic) bond motifs is 1. The molecule has 0 atom stereocenters. The predicted molar refractivity (Wildman–Crippen MR) is 121 cm³/mol. The summed E-state index contributed by atoms with van der Waals surface area (Å²) in [4.78, 5) is 10.6. The van der Waals surface area contributed by atoms with Gasteiger partial charge in [-0.2, -0.15) is 0 Å². The maximum absolute atomic E-state index is 5.83. The molecule has 0 aliphatic heterocycles. The summed E-state index contributed by atoms with van der Waals surface area (Å²) in [6.07, 6.45) is 5.87. The van der Waals surface area contributed by atoms with Gasteiger partial charge in [-0.05, 0) is 74.3 Å². The molecule has 4 nitrogen and oxygen atoms in total. The molecule has 5 heteroatoms. The van der Waals surface area contributed by atoms with Crippen molar-refractivity contribution in [3.63, 3.8) is 0 Å². The molecule has 4 rings (SSSR count). The summed E-state index contributed by atoms with van der Waals surface area (Å²) in [6.45, 7) is 5.15. The first kappa shape index (κ1) is 18.9. The molecule has 0 amide bonds. The third-order valence-electron chi connectivity index (χ3n) is 5.81. The number of nitrogens with one attached hydrogen (secondary N) is 2. The third kappa shape index (κ3) is 4.20. The predicted octanol–water partition coefficient (Wildman–Crippen LogP) is 5.36. The number of aromatic nitrogens is 2. The Hall–Kier alpha value is -2.40. The first-order chi connectivity index (χ1) is 13.6. The van der Waals surface area contributed by atoms with Gasteiger partial charge in [0.15, 0.2) is 5.11 Å². The summed E-state index contributed by atoms with van der Waals surface area (Å²) in [5.41, 5.74) is 5.78. The van der Waals surface area contributed by atoms with Crippen molar-refractivity contribution in [1.29, 1.82) is 0 Å². The monoisotopic (exact) mass is 392 g/mol. The second-order valence-corrected chi connectivity index (χ2v) is 8.20. The van der Waals surface area contributed by atoms with Crippen molar-refractivity contribution in [3.8, 4) is 0 Å². The highest BCUT2D eigenvalue weighted by Gasteiger charge is 2.25. The smallest absolute Gasteiger partial charge is 0.173 e. The van der Waals surface area contributed by atoms with Crippen LogP contribution in [0.2, 0.25) is 0 Å². The summed E-state index contributed by atoms with van der Waals surface area (Å²) in [5, 5.41) is 4.30. The summed E-state index contributed by atoms with van der Waals surface area (Å²) in [6, 6.07) is 15.2. The van der Waals surface area contributed by atoms with Crippen LogP contribution >= 0.6 is 12.2 Å². The molecule has 0 unspecified atom stereocenters. The van der Waals surface area contributed by atoms with Crippen LogP contribution in [-0.4, -0.2) is 32.6 Å². The van der Waals surface area contributed by atoms with Crippen LogP contribution in [0, 0.1) is 13.8 Å². The third-order valence-corrected chi connectivity index (χ3v) is 6.15. The average molecular weight is 393 g/mol. The average Bonchev–Trinajstić information content (AvgIpc) is 3.34. The molecular formula is C23H28N4S. The zero-order chi connectivity index (χ0) is 19.5. The Morgan fingerprint density at radius 1 is 1.14 bits per heavy atom. The van der Waals surface area contributed by atoms with E-state index in [1.54, 1.807) is 0 Å². The molecule has 1 aliphatic rings. The Morgan fingerprint density at radius 3 is 2.68 bits per heavy atom. The lowest BCUT2D eigenvalue weighted by Crippen LogP contribution is -2.42. The van der Waals surface area contributed by atoms with Gasteiger partial charge in [-0.3, -0.25) is 0 Å². The van der Waals surface area contributed by atoms with Crippen LogP contribution in [0.1, 0.15) is 42.6 Å². The maximum atomic E-state index is 5.83. The van der Waals surface area contributed by atoms with E-state index < -0.39 is 0 Å². The molecule has 0 radical (unpaired) electrons. The van der Waals surface area contributed by atoms with Gasteiger partial charge in [0, 0.05) is 24.7 Å². The zero-order valence-electron chi connectivity index (χ0n) is 16.7. The van der Waals surface area contributed by atoms with E-state index in [9.17, 15) is 0 Å². The largest absolute Gasteiger partial charge is 0.346 e. The molecule has 1 fully saturated rings. The first-order valence-electron chi connectivity index (χ1n) is 10.2. The molecule has 2 N–H and O–H groups in total. The van der Waals surface area contributed by atoms with Gasteiger partial charge >= 0.3 is 0 Å². The number of H-pyrrole nitrogens is 1. The Bertz CT molecular complexity index is 939. The number of aromatic amines is 1. The Kier molecular flexibility index (Phi) is 5.62. The van der Waals surface area contributed by atoms with Gasteiger partial charge in [0.2, 0.25) is 0 Å². The number of rotatable bonds is 5.